The van der Waals surface area contributed by atoms with E-state index in [-0.39, 0.29) is 0 Å². The molecule has 0 atom stereocenters. The fourth-order valence-corrected chi connectivity index (χ4v) is 5.30. The number of para-hydroxylation sites is 1. The van der Waals surface area contributed by atoms with Crippen molar-refractivity contribution in [2.24, 2.45) is 5.92 Å². The molecule has 7 nitrogen and oxygen atoms in total. The highest BCUT2D eigenvalue weighted by molar-refractivity contribution is 5.90. The fraction of sp³-hybridized carbons (Fsp3) is 0.533. The van der Waals surface area contributed by atoms with E-state index in [0.29, 0.717) is 19.3 Å². The van der Waals surface area contributed by atoms with Crippen LogP contribution >= 0.6 is 0 Å². The molecule has 1 heterocycles. The Bertz CT molecular complexity index is 1160. The largest absolute Gasteiger partial charge is 0.493 e. The summed E-state index contributed by atoms with van der Waals surface area (Å²) in [5, 5.41) is 8.36. The number of hydrogen-bond donors (Lipinski definition) is 2. The smallest absolute Gasteiger partial charge is 0.225 e. The van der Waals surface area contributed by atoms with Crippen LogP contribution in [0.1, 0.15) is 57.1 Å². The average molecular weight is 506 g/mol. The van der Waals surface area contributed by atoms with Gasteiger partial charge in [-0.05, 0) is 83.5 Å². The van der Waals surface area contributed by atoms with Gasteiger partial charge in [-0.25, -0.2) is 4.98 Å². The molecule has 1 fully saturated rings. The summed E-state index contributed by atoms with van der Waals surface area (Å²) in [5.74, 6) is 4.33. The lowest BCUT2D eigenvalue weighted by atomic mass is 9.84. The van der Waals surface area contributed by atoms with Crippen LogP contribution in [-0.4, -0.2) is 49.9 Å². The molecule has 0 spiro atoms. The van der Waals surface area contributed by atoms with Gasteiger partial charge in [0.15, 0.2) is 0 Å². The Hall–Kier alpha value is -3.06. The van der Waals surface area contributed by atoms with Gasteiger partial charge in [0.1, 0.15) is 17.3 Å². The molecule has 200 valence electrons. The van der Waals surface area contributed by atoms with E-state index in [1.54, 1.807) is 0 Å². The summed E-state index contributed by atoms with van der Waals surface area (Å²) in [6.45, 7) is 9.26. The molecule has 1 aliphatic rings. The number of aromatic nitrogens is 2. The Kier molecular flexibility index (Phi) is 9.45. The van der Waals surface area contributed by atoms with Crippen LogP contribution < -0.4 is 25.0 Å². The zero-order valence-corrected chi connectivity index (χ0v) is 23.1. The van der Waals surface area contributed by atoms with Crippen molar-refractivity contribution in [2.45, 2.75) is 65.5 Å². The molecule has 2 aromatic carbocycles. The second-order valence-electron chi connectivity index (χ2n) is 10.2. The van der Waals surface area contributed by atoms with Crippen molar-refractivity contribution in [1.82, 2.24) is 15.3 Å². The molecule has 0 radical (unpaired) electrons. The third-order valence-electron chi connectivity index (χ3n) is 7.26. The number of ether oxygens (including phenoxy) is 2. The van der Waals surface area contributed by atoms with Gasteiger partial charge in [-0.2, -0.15) is 4.98 Å². The topological polar surface area (TPSA) is 71.5 Å². The van der Waals surface area contributed by atoms with Gasteiger partial charge in [-0.15, -0.1) is 0 Å². The SMILES string of the molecule is CCOc1ccc(CNCC[C@H]2CC[C@@H](Nc3nc(N(C)C)c4ccccc4n3)CC2)c(OCC)c1C. The number of benzene rings is 2. The minimum absolute atomic E-state index is 0.431. The van der Waals surface area contributed by atoms with Crippen LogP contribution in [0.4, 0.5) is 11.8 Å². The van der Waals surface area contributed by atoms with Crippen molar-refractivity contribution in [3.05, 3.63) is 47.5 Å². The van der Waals surface area contributed by atoms with Crippen LogP contribution in [0.3, 0.4) is 0 Å². The van der Waals surface area contributed by atoms with Gasteiger partial charge >= 0.3 is 0 Å². The van der Waals surface area contributed by atoms with E-state index in [1.807, 2.05) is 40.1 Å². The van der Waals surface area contributed by atoms with Crippen molar-refractivity contribution in [3.8, 4) is 11.5 Å². The number of fused-ring (bicyclic) bond motifs is 1. The van der Waals surface area contributed by atoms with Crippen LogP contribution in [0.5, 0.6) is 11.5 Å². The van der Waals surface area contributed by atoms with Crippen molar-refractivity contribution >= 4 is 22.7 Å². The molecule has 3 aromatic rings. The molecular formula is C30H43N5O2. The van der Waals surface area contributed by atoms with E-state index >= 15 is 0 Å². The maximum Gasteiger partial charge on any atom is 0.225 e. The first-order valence-electron chi connectivity index (χ1n) is 13.8. The molecule has 37 heavy (non-hydrogen) atoms. The van der Waals surface area contributed by atoms with E-state index in [2.05, 4.69) is 46.7 Å². The van der Waals surface area contributed by atoms with E-state index in [4.69, 9.17) is 19.4 Å². The summed E-state index contributed by atoms with van der Waals surface area (Å²) in [7, 11) is 4.07. The normalized spacial score (nSPS) is 17.5. The van der Waals surface area contributed by atoms with Crippen LogP contribution in [0.15, 0.2) is 36.4 Å². The Morgan fingerprint density at radius 3 is 2.43 bits per heavy atom. The Morgan fingerprint density at radius 1 is 0.946 bits per heavy atom. The highest BCUT2D eigenvalue weighted by Gasteiger charge is 2.22. The summed E-state index contributed by atoms with van der Waals surface area (Å²) in [6, 6.07) is 12.8. The molecule has 0 aliphatic heterocycles. The van der Waals surface area contributed by atoms with E-state index in [1.165, 1.54) is 24.8 Å². The highest BCUT2D eigenvalue weighted by atomic mass is 16.5. The minimum atomic E-state index is 0.431. The highest BCUT2D eigenvalue weighted by Crippen LogP contribution is 2.32. The first-order chi connectivity index (χ1) is 18.0. The van der Waals surface area contributed by atoms with Crippen LogP contribution in [0.25, 0.3) is 10.9 Å². The van der Waals surface area contributed by atoms with Crippen molar-refractivity contribution in [1.29, 1.82) is 0 Å². The number of hydrogen-bond acceptors (Lipinski definition) is 7. The molecule has 0 amide bonds. The zero-order chi connectivity index (χ0) is 26.2. The Balaban J connectivity index is 1.25. The summed E-state index contributed by atoms with van der Waals surface area (Å²) >= 11 is 0. The van der Waals surface area contributed by atoms with Crippen molar-refractivity contribution < 1.29 is 9.47 Å². The second kappa shape index (κ2) is 13.0. The van der Waals surface area contributed by atoms with Gasteiger partial charge in [-0.1, -0.05) is 18.2 Å². The third kappa shape index (κ3) is 6.83. The molecule has 0 unspecified atom stereocenters. The molecule has 1 aromatic heterocycles. The van der Waals surface area contributed by atoms with Crippen LogP contribution in [0, 0.1) is 12.8 Å². The summed E-state index contributed by atoms with van der Waals surface area (Å²) in [4.78, 5) is 11.7. The molecule has 7 heteroatoms. The van der Waals surface area contributed by atoms with Gasteiger partial charge < -0.3 is 25.0 Å². The van der Waals surface area contributed by atoms with Gasteiger partial charge in [-0.3, -0.25) is 0 Å². The van der Waals surface area contributed by atoms with Crippen molar-refractivity contribution in [2.75, 3.05) is 44.1 Å². The summed E-state index contributed by atoms with van der Waals surface area (Å²) < 4.78 is 11.7. The molecule has 1 aliphatic carbocycles. The maximum atomic E-state index is 5.97. The number of anilines is 2. The van der Waals surface area contributed by atoms with Gasteiger partial charge in [0.25, 0.3) is 0 Å². The lowest BCUT2D eigenvalue weighted by Crippen LogP contribution is -2.28. The monoisotopic (exact) mass is 505 g/mol. The number of rotatable bonds is 12. The quantitative estimate of drug-likeness (QED) is 0.295. The van der Waals surface area contributed by atoms with E-state index < -0.39 is 0 Å². The van der Waals surface area contributed by atoms with Crippen LogP contribution in [-0.2, 0) is 6.54 Å². The number of nitrogens with one attached hydrogen (secondary N) is 2. The third-order valence-corrected chi connectivity index (χ3v) is 7.26. The maximum absolute atomic E-state index is 5.97. The second-order valence-corrected chi connectivity index (χ2v) is 10.2. The summed E-state index contributed by atoms with van der Waals surface area (Å²) in [6.07, 6.45) is 5.99. The molecule has 4 rings (SSSR count). The lowest BCUT2D eigenvalue weighted by molar-refractivity contribution is 0.311. The molecule has 1 saturated carbocycles. The van der Waals surface area contributed by atoms with E-state index in [9.17, 15) is 0 Å². The zero-order valence-electron chi connectivity index (χ0n) is 23.1. The summed E-state index contributed by atoms with van der Waals surface area (Å²) in [5.41, 5.74) is 3.27. The number of nitrogens with zero attached hydrogens (tertiary/aromatic N) is 3. The van der Waals surface area contributed by atoms with E-state index in [0.717, 1.165) is 71.6 Å². The Labute approximate surface area is 222 Å². The lowest BCUT2D eigenvalue weighted by Gasteiger charge is -2.29. The van der Waals surface area contributed by atoms with Gasteiger partial charge in [0, 0.05) is 43.2 Å². The predicted molar refractivity (Wildman–Crippen MR) is 153 cm³/mol. The Morgan fingerprint density at radius 2 is 1.70 bits per heavy atom. The van der Waals surface area contributed by atoms with Crippen LogP contribution in [0.2, 0.25) is 0 Å². The molecular weight excluding hydrogens is 462 g/mol. The van der Waals surface area contributed by atoms with Gasteiger partial charge in [0.2, 0.25) is 5.95 Å². The van der Waals surface area contributed by atoms with Gasteiger partial charge in [0.05, 0.1) is 18.7 Å². The fourth-order valence-electron chi connectivity index (χ4n) is 5.30. The molecule has 2 N–H and O–H groups in total. The standard InChI is InChI=1S/C30H43N5O2/c1-6-36-27-17-14-23(28(21(27)3)37-7-2)20-31-19-18-22-12-15-24(16-13-22)32-30-33-26-11-9-8-10-25(26)29(34-30)35(4)5/h8-11,14,17,22,24,31H,6-7,12-13,15-16,18-20H2,1-5H3,(H,32,33,34)/t22-,24+. The molecule has 0 saturated heterocycles. The first kappa shape index (κ1) is 27.0. The molecule has 0 bridgehead atoms. The first-order valence-corrected chi connectivity index (χ1v) is 13.8. The minimum Gasteiger partial charge on any atom is -0.493 e. The van der Waals surface area contributed by atoms with Crippen molar-refractivity contribution in [3.63, 3.8) is 0 Å². The predicted octanol–water partition coefficient (Wildman–Crippen LogP) is 5.95. The average Bonchev–Trinajstić information content (AvgIpc) is 2.90.